The van der Waals surface area contributed by atoms with Gasteiger partial charge in [-0.05, 0) is 37.9 Å². The van der Waals surface area contributed by atoms with E-state index >= 15 is 0 Å². The molecule has 0 bridgehead atoms. The lowest BCUT2D eigenvalue weighted by Gasteiger charge is -2.31. The van der Waals surface area contributed by atoms with Crippen LogP contribution in [0, 0.1) is 11.3 Å². The highest BCUT2D eigenvalue weighted by molar-refractivity contribution is 6.06. The van der Waals surface area contributed by atoms with Crippen LogP contribution in [0.25, 0.3) is 0 Å². The van der Waals surface area contributed by atoms with Crippen LogP contribution in [-0.2, 0) is 11.3 Å². The lowest BCUT2D eigenvalue weighted by atomic mass is 10.0. The van der Waals surface area contributed by atoms with Gasteiger partial charge >= 0.3 is 0 Å². The number of carbonyl (C=O) groups excluding carboxylic acids is 2. The van der Waals surface area contributed by atoms with E-state index in [1.807, 2.05) is 19.2 Å². The van der Waals surface area contributed by atoms with Crippen LogP contribution < -0.4 is 10.6 Å². The largest absolute Gasteiger partial charge is 0.324 e. The van der Waals surface area contributed by atoms with Crippen LogP contribution in [0.3, 0.4) is 0 Å². The summed E-state index contributed by atoms with van der Waals surface area (Å²) in [5.74, 6) is 0.455. The highest BCUT2D eigenvalue weighted by atomic mass is 16.2. The first-order valence-corrected chi connectivity index (χ1v) is 10.0. The third kappa shape index (κ3) is 3.35. The summed E-state index contributed by atoms with van der Waals surface area (Å²) in [6.45, 7) is 0.487. The standard InChI is InChI=1S/C21H27N5O2/c1-23-17-5-3-4-13(17)11-25(2)15-6-7-16-14(10-15)12-26(21(16)28)18-8-9-19(27)24-20(18)22/h6-7,10-11,13,17-18,23H,3-5,8-9,12H2,1-2H3,(H-,22,24,27)/p+1/b25-11+/t13?,17-,18?/m0/s1. The summed E-state index contributed by atoms with van der Waals surface area (Å²) in [5, 5.41) is 14.0. The smallest absolute Gasteiger partial charge is 0.255 e. The Labute approximate surface area is 165 Å². The number of hydrogen-bond acceptors (Lipinski definition) is 4. The highest BCUT2D eigenvalue weighted by Gasteiger charge is 2.38. The number of fused-ring (bicyclic) bond motifs is 1. The van der Waals surface area contributed by atoms with Crippen molar-refractivity contribution in [2.24, 2.45) is 5.92 Å². The van der Waals surface area contributed by atoms with E-state index in [-0.39, 0.29) is 23.7 Å². The van der Waals surface area contributed by atoms with Gasteiger partial charge in [0.25, 0.3) is 5.91 Å². The van der Waals surface area contributed by atoms with Gasteiger partial charge in [0.2, 0.25) is 11.6 Å². The molecule has 3 atom stereocenters. The van der Waals surface area contributed by atoms with E-state index in [0.29, 0.717) is 36.9 Å². The monoisotopic (exact) mass is 382 g/mol. The number of nitrogens with one attached hydrogen (secondary N) is 3. The van der Waals surface area contributed by atoms with Crippen LogP contribution >= 0.6 is 0 Å². The Balaban J connectivity index is 1.54. The quantitative estimate of drug-likeness (QED) is 0.546. The van der Waals surface area contributed by atoms with E-state index in [9.17, 15) is 9.59 Å². The molecule has 1 aromatic rings. The average Bonchev–Trinajstić information content (AvgIpc) is 3.25. The number of rotatable bonds is 4. The molecule has 0 aromatic heterocycles. The first-order chi connectivity index (χ1) is 13.5. The van der Waals surface area contributed by atoms with Crippen LogP contribution in [0.15, 0.2) is 18.2 Å². The molecule has 1 saturated carbocycles. The van der Waals surface area contributed by atoms with E-state index in [2.05, 4.69) is 34.5 Å². The van der Waals surface area contributed by atoms with Crippen molar-refractivity contribution in [3.05, 3.63) is 29.3 Å². The Kier molecular flexibility index (Phi) is 5.02. The Bertz CT molecular complexity index is 862. The second-order valence-corrected chi connectivity index (χ2v) is 8.04. The first kappa shape index (κ1) is 18.8. The zero-order valence-electron chi connectivity index (χ0n) is 16.5. The number of benzene rings is 1. The molecule has 1 saturated heterocycles. The number of amides is 2. The minimum Gasteiger partial charge on any atom is -0.324 e. The predicted octanol–water partition coefficient (Wildman–Crippen LogP) is 1.63. The number of carbonyl (C=O) groups is 2. The van der Waals surface area contributed by atoms with Gasteiger partial charge in [0.15, 0.2) is 0 Å². The van der Waals surface area contributed by atoms with Gasteiger partial charge in [0.1, 0.15) is 19.1 Å². The maximum Gasteiger partial charge on any atom is 0.255 e. The van der Waals surface area contributed by atoms with Crippen LogP contribution in [0.1, 0.15) is 48.0 Å². The van der Waals surface area contributed by atoms with Crippen molar-refractivity contribution in [2.75, 3.05) is 14.1 Å². The molecule has 0 spiro atoms. The van der Waals surface area contributed by atoms with Crippen molar-refractivity contribution in [1.29, 1.82) is 5.41 Å². The van der Waals surface area contributed by atoms with Crippen LogP contribution in [0.5, 0.6) is 0 Å². The molecule has 2 fully saturated rings. The number of piperidine rings is 1. The summed E-state index contributed by atoms with van der Waals surface area (Å²) in [5.41, 5.74) is 2.77. The fourth-order valence-corrected chi connectivity index (χ4v) is 4.72. The molecule has 1 aliphatic carbocycles. The van der Waals surface area contributed by atoms with E-state index in [0.717, 1.165) is 11.3 Å². The molecule has 2 unspecified atom stereocenters. The summed E-state index contributed by atoms with van der Waals surface area (Å²) in [7, 11) is 4.09. The van der Waals surface area contributed by atoms with Gasteiger partial charge in [0, 0.05) is 36.7 Å². The Morgan fingerprint density at radius 3 is 2.86 bits per heavy atom. The molecule has 4 rings (SSSR count). The molecule has 1 aromatic carbocycles. The van der Waals surface area contributed by atoms with E-state index in [1.54, 1.807) is 4.90 Å². The molecule has 28 heavy (non-hydrogen) atoms. The normalized spacial score (nSPS) is 27.9. The molecule has 3 aliphatic rings. The molecular formula is C21H28N5O2+. The Morgan fingerprint density at radius 1 is 1.29 bits per heavy atom. The first-order valence-electron chi connectivity index (χ1n) is 10.0. The maximum atomic E-state index is 12.9. The lowest BCUT2D eigenvalue weighted by Crippen LogP contribution is -2.52. The van der Waals surface area contributed by atoms with Crippen molar-refractivity contribution < 1.29 is 14.2 Å². The van der Waals surface area contributed by atoms with Crippen molar-refractivity contribution in [3.63, 3.8) is 0 Å². The maximum absolute atomic E-state index is 12.9. The van der Waals surface area contributed by atoms with Crippen LogP contribution in [0.2, 0.25) is 0 Å². The Hall–Kier alpha value is -2.54. The van der Waals surface area contributed by atoms with Gasteiger partial charge in [-0.1, -0.05) is 6.42 Å². The number of amidine groups is 1. The number of hydrogen-bond donors (Lipinski definition) is 3. The van der Waals surface area contributed by atoms with Gasteiger partial charge in [0.05, 0.1) is 12.0 Å². The zero-order chi connectivity index (χ0) is 19.8. The van der Waals surface area contributed by atoms with Crippen LogP contribution in [-0.4, -0.2) is 59.5 Å². The van der Waals surface area contributed by atoms with Crippen molar-refractivity contribution >= 4 is 29.6 Å². The van der Waals surface area contributed by atoms with E-state index in [4.69, 9.17) is 5.41 Å². The molecule has 2 amide bonds. The molecule has 0 radical (unpaired) electrons. The van der Waals surface area contributed by atoms with Crippen molar-refractivity contribution in [2.45, 2.75) is 50.7 Å². The fourth-order valence-electron chi connectivity index (χ4n) is 4.72. The third-order valence-corrected chi connectivity index (χ3v) is 6.31. The average molecular weight is 382 g/mol. The zero-order valence-corrected chi connectivity index (χ0v) is 16.5. The van der Waals surface area contributed by atoms with Gasteiger partial charge < -0.3 is 15.5 Å². The summed E-state index contributed by atoms with van der Waals surface area (Å²) in [6.07, 6.45) is 6.81. The summed E-state index contributed by atoms with van der Waals surface area (Å²) < 4.78 is 2.16. The lowest BCUT2D eigenvalue weighted by molar-refractivity contribution is -0.402. The third-order valence-electron chi connectivity index (χ3n) is 6.31. The van der Waals surface area contributed by atoms with Crippen LogP contribution in [0.4, 0.5) is 5.69 Å². The minimum absolute atomic E-state index is 0.0508. The molecule has 2 heterocycles. The second kappa shape index (κ2) is 7.47. The van der Waals surface area contributed by atoms with Crippen molar-refractivity contribution in [1.82, 2.24) is 15.5 Å². The second-order valence-electron chi connectivity index (χ2n) is 8.04. The number of nitrogens with zero attached hydrogens (tertiary/aromatic N) is 2. The van der Waals surface area contributed by atoms with Gasteiger partial charge in [-0.15, -0.1) is 0 Å². The molecular weight excluding hydrogens is 354 g/mol. The van der Waals surface area contributed by atoms with Crippen molar-refractivity contribution in [3.8, 4) is 0 Å². The molecule has 2 aliphatic heterocycles. The van der Waals surface area contributed by atoms with Gasteiger partial charge in [-0.2, -0.15) is 0 Å². The SMILES string of the molecule is CN[C@H]1CCCC1/C=[N+](\C)c1ccc2c(c1)CN(C1CCC(=O)NC1=N)C2=O. The summed E-state index contributed by atoms with van der Waals surface area (Å²) in [4.78, 5) is 26.0. The van der Waals surface area contributed by atoms with E-state index in [1.165, 1.54) is 19.3 Å². The predicted molar refractivity (Wildman–Crippen MR) is 107 cm³/mol. The highest BCUT2D eigenvalue weighted by Crippen LogP contribution is 2.30. The summed E-state index contributed by atoms with van der Waals surface area (Å²) >= 11 is 0. The van der Waals surface area contributed by atoms with Gasteiger partial charge in [-0.25, -0.2) is 4.58 Å². The summed E-state index contributed by atoms with van der Waals surface area (Å²) in [6, 6.07) is 6.15. The minimum atomic E-state index is -0.347. The van der Waals surface area contributed by atoms with E-state index < -0.39 is 0 Å². The molecule has 7 heteroatoms. The Morgan fingerprint density at radius 2 is 2.11 bits per heavy atom. The molecule has 3 N–H and O–H groups in total. The topological polar surface area (TPSA) is 88.3 Å². The molecule has 148 valence electrons. The molecule has 7 nitrogen and oxygen atoms in total. The van der Waals surface area contributed by atoms with Gasteiger partial charge in [-0.3, -0.25) is 15.0 Å². The fraction of sp³-hybridized carbons (Fsp3) is 0.524.